The topological polar surface area (TPSA) is 37.3 Å². The third kappa shape index (κ3) is 3.00. The zero-order valence-corrected chi connectivity index (χ0v) is 10.3. The largest absolute Gasteiger partial charge is 0.481 e. The van der Waals surface area contributed by atoms with Crippen LogP contribution in [0, 0.1) is 11.7 Å². The molecule has 1 aliphatic carbocycles. The van der Waals surface area contributed by atoms with Gasteiger partial charge in [0, 0.05) is 10.1 Å². The highest BCUT2D eigenvalue weighted by Gasteiger charge is 2.31. The molecule has 1 aromatic rings. The molecule has 92 valence electrons. The zero-order valence-electron chi connectivity index (χ0n) is 9.43. The minimum absolute atomic E-state index is 0.00171. The number of aliphatic carboxylic acids is 1. The van der Waals surface area contributed by atoms with E-state index in [9.17, 15) is 9.18 Å². The molecule has 17 heavy (non-hydrogen) atoms. The van der Waals surface area contributed by atoms with Gasteiger partial charge in [0.05, 0.1) is 5.92 Å². The first kappa shape index (κ1) is 12.4. The van der Waals surface area contributed by atoms with Crippen molar-refractivity contribution < 1.29 is 14.3 Å². The van der Waals surface area contributed by atoms with Gasteiger partial charge in [0.2, 0.25) is 0 Å². The van der Waals surface area contributed by atoms with Crippen molar-refractivity contribution in [2.45, 2.75) is 35.8 Å². The number of hydrogen-bond acceptors (Lipinski definition) is 2. The fourth-order valence-corrected chi connectivity index (χ4v) is 3.59. The summed E-state index contributed by atoms with van der Waals surface area (Å²) in [5.41, 5.74) is 0. The lowest BCUT2D eigenvalue weighted by Gasteiger charge is -2.27. The number of carboxylic acids is 1. The van der Waals surface area contributed by atoms with Gasteiger partial charge in [-0.1, -0.05) is 25.0 Å². The summed E-state index contributed by atoms with van der Waals surface area (Å²) < 4.78 is 13.5. The SMILES string of the molecule is O=C(O)C1CCCCC1Sc1ccccc1F. The van der Waals surface area contributed by atoms with Gasteiger partial charge in [-0.25, -0.2) is 4.39 Å². The molecule has 1 N–H and O–H groups in total. The monoisotopic (exact) mass is 254 g/mol. The Balaban J connectivity index is 2.11. The van der Waals surface area contributed by atoms with Crippen molar-refractivity contribution in [1.29, 1.82) is 0 Å². The fraction of sp³-hybridized carbons (Fsp3) is 0.462. The summed E-state index contributed by atoms with van der Waals surface area (Å²) in [7, 11) is 0. The van der Waals surface area contributed by atoms with Crippen LogP contribution in [0.5, 0.6) is 0 Å². The Bertz CT molecular complexity index is 408. The second-order valence-corrected chi connectivity index (χ2v) is 5.60. The summed E-state index contributed by atoms with van der Waals surface area (Å²) in [5, 5.41) is 9.15. The maximum Gasteiger partial charge on any atom is 0.307 e. The predicted octanol–water partition coefficient (Wildman–Crippen LogP) is 3.56. The standard InChI is InChI=1S/C13H15FO2S/c14-10-6-2-4-8-12(10)17-11-7-3-1-5-9(11)13(15)16/h2,4,6,8-9,11H,1,3,5,7H2,(H,15,16). The average Bonchev–Trinajstić information content (AvgIpc) is 2.32. The van der Waals surface area contributed by atoms with E-state index in [4.69, 9.17) is 5.11 Å². The Morgan fingerprint density at radius 2 is 2.00 bits per heavy atom. The highest BCUT2D eigenvalue weighted by atomic mass is 32.2. The van der Waals surface area contributed by atoms with Crippen LogP contribution in [0.2, 0.25) is 0 Å². The third-order valence-corrected chi connectivity index (χ3v) is 4.59. The number of carboxylic acid groups (broad SMARTS) is 1. The molecule has 0 heterocycles. The van der Waals surface area contributed by atoms with E-state index in [1.807, 2.05) is 0 Å². The second kappa shape index (κ2) is 5.54. The van der Waals surface area contributed by atoms with E-state index in [1.165, 1.54) is 17.8 Å². The molecule has 1 fully saturated rings. The first-order valence-electron chi connectivity index (χ1n) is 5.82. The summed E-state index contributed by atoms with van der Waals surface area (Å²) in [6.07, 6.45) is 3.57. The summed E-state index contributed by atoms with van der Waals surface area (Å²) in [4.78, 5) is 11.7. The minimum Gasteiger partial charge on any atom is -0.481 e. The van der Waals surface area contributed by atoms with Crippen molar-refractivity contribution in [1.82, 2.24) is 0 Å². The van der Waals surface area contributed by atoms with E-state index in [-0.39, 0.29) is 17.0 Å². The molecule has 1 aromatic carbocycles. The third-order valence-electron chi connectivity index (χ3n) is 3.13. The number of thioether (sulfide) groups is 1. The van der Waals surface area contributed by atoms with E-state index in [0.29, 0.717) is 11.3 Å². The van der Waals surface area contributed by atoms with E-state index in [2.05, 4.69) is 0 Å². The van der Waals surface area contributed by atoms with E-state index in [0.717, 1.165) is 19.3 Å². The minimum atomic E-state index is -0.751. The summed E-state index contributed by atoms with van der Waals surface area (Å²) in [6, 6.07) is 6.56. The first-order valence-corrected chi connectivity index (χ1v) is 6.70. The van der Waals surface area contributed by atoms with Gasteiger partial charge < -0.3 is 5.11 Å². The van der Waals surface area contributed by atoms with E-state index < -0.39 is 5.97 Å². The smallest absolute Gasteiger partial charge is 0.307 e. The molecular weight excluding hydrogens is 239 g/mol. The van der Waals surface area contributed by atoms with Gasteiger partial charge in [-0.2, -0.15) is 0 Å². The zero-order chi connectivity index (χ0) is 12.3. The van der Waals surface area contributed by atoms with Crippen molar-refractivity contribution in [3.05, 3.63) is 30.1 Å². The molecular formula is C13H15FO2S. The van der Waals surface area contributed by atoms with Gasteiger partial charge in [0.1, 0.15) is 5.82 Å². The van der Waals surface area contributed by atoms with Gasteiger partial charge in [0.15, 0.2) is 0 Å². The Hall–Kier alpha value is -1.03. The molecule has 4 heteroatoms. The lowest BCUT2D eigenvalue weighted by molar-refractivity contribution is -0.142. The van der Waals surface area contributed by atoms with Gasteiger partial charge in [0.25, 0.3) is 0 Å². The van der Waals surface area contributed by atoms with Crippen molar-refractivity contribution in [2.24, 2.45) is 5.92 Å². The molecule has 2 atom stereocenters. The molecule has 0 aliphatic heterocycles. The molecule has 2 unspecified atom stereocenters. The van der Waals surface area contributed by atoms with Crippen LogP contribution < -0.4 is 0 Å². The lowest BCUT2D eigenvalue weighted by Crippen LogP contribution is -2.29. The molecule has 0 spiro atoms. The molecule has 0 amide bonds. The van der Waals surface area contributed by atoms with E-state index >= 15 is 0 Å². The van der Waals surface area contributed by atoms with Gasteiger partial charge in [-0.05, 0) is 25.0 Å². The molecule has 0 aromatic heterocycles. The highest BCUT2D eigenvalue weighted by Crippen LogP contribution is 2.38. The number of halogens is 1. The van der Waals surface area contributed by atoms with Crippen LogP contribution >= 0.6 is 11.8 Å². The summed E-state index contributed by atoms with van der Waals surface area (Å²) in [5.74, 6) is -1.35. The van der Waals surface area contributed by atoms with Crippen molar-refractivity contribution in [3.8, 4) is 0 Å². The van der Waals surface area contributed by atoms with Gasteiger partial charge in [-0.15, -0.1) is 11.8 Å². The van der Waals surface area contributed by atoms with Crippen LogP contribution in [0.3, 0.4) is 0 Å². The Labute approximate surface area is 104 Å². The number of rotatable bonds is 3. The highest BCUT2D eigenvalue weighted by molar-refractivity contribution is 8.00. The molecule has 0 radical (unpaired) electrons. The maximum absolute atomic E-state index is 13.5. The van der Waals surface area contributed by atoms with Crippen molar-refractivity contribution in [2.75, 3.05) is 0 Å². The van der Waals surface area contributed by atoms with Crippen molar-refractivity contribution in [3.63, 3.8) is 0 Å². The summed E-state index contributed by atoms with van der Waals surface area (Å²) >= 11 is 1.37. The van der Waals surface area contributed by atoms with E-state index in [1.54, 1.807) is 18.2 Å². The van der Waals surface area contributed by atoms with Gasteiger partial charge >= 0.3 is 5.97 Å². The summed E-state index contributed by atoms with van der Waals surface area (Å²) in [6.45, 7) is 0. The molecule has 1 aliphatic rings. The molecule has 1 saturated carbocycles. The van der Waals surface area contributed by atoms with Crippen LogP contribution in [-0.2, 0) is 4.79 Å². The molecule has 2 rings (SSSR count). The lowest BCUT2D eigenvalue weighted by atomic mass is 9.89. The number of benzene rings is 1. The molecule has 2 nitrogen and oxygen atoms in total. The quantitative estimate of drug-likeness (QED) is 0.896. The average molecular weight is 254 g/mol. The number of carbonyl (C=O) groups is 1. The maximum atomic E-state index is 13.5. The fourth-order valence-electron chi connectivity index (χ4n) is 2.22. The first-order chi connectivity index (χ1) is 8.18. The van der Waals surface area contributed by atoms with Crippen molar-refractivity contribution >= 4 is 17.7 Å². The van der Waals surface area contributed by atoms with Gasteiger partial charge in [-0.3, -0.25) is 4.79 Å². The van der Waals surface area contributed by atoms with Crippen LogP contribution in [0.4, 0.5) is 4.39 Å². The normalized spacial score (nSPS) is 24.5. The Kier molecular flexibility index (Phi) is 4.05. The second-order valence-electron chi connectivity index (χ2n) is 4.32. The van der Waals surface area contributed by atoms with Crippen LogP contribution in [0.25, 0.3) is 0 Å². The number of hydrogen-bond donors (Lipinski definition) is 1. The van der Waals surface area contributed by atoms with Crippen LogP contribution in [0.15, 0.2) is 29.2 Å². The predicted molar refractivity (Wildman–Crippen MR) is 65.6 cm³/mol. The van der Waals surface area contributed by atoms with Crippen LogP contribution in [0.1, 0.15) is 25.7 Å². The Morgan fingerprint density at radius 3 is 2.71 bits per heavy atom. The Morgan fingerprint density at radius 1 is 1.29 bits per heavy atom. The van der Waals surface area contributed by atoms with Crippen LogP contribution in [-0.4, -0.2) is 16.3 Å². The molecule has 0 saturated heterocycles. The molecule has 0 bridgehead atoms.